The molecule has 22 heavy (non-hydrogen) atoms. The van der Waals surface area contributed by atoms with Crippen LogP contribution in [0.2, 0.25) is 0 Å². The molecule has 1 atom stereocenters. The van der Waals surface area contributed by atoms with E-state index in [0.717, 1.165) is 17.7 Å². The average Bonchev–Trinajstić information content (AvgIpc) is 2.39. The Kier molecular flexibility index (Phi) is 5.97. The summed E-state index contributed by atoms with van der Waals surface area (Å²) in [7, 11) is -3.82. The van der Waals surface area contributed by atoms with Gasteiger partial charge in [-0.3, -0.25) is 4.79 Å². The summed E-state index contributed by atoms with van der Waals surface area (Å²) < 4.78 is 23.1. The highest BCUT2D eigenvalue weighted by Crippen LogP contribution is 2.21. The second kappa shape index (κ2) is 6.95. The number of hydrogen-bond acceptors (Lipinski definition) is 4. The standard InChI is InChI=1S/C14H21N3O3S.ClH/c1-9-6-12(21(15,19)20)7-13(11(9)3)14(18)17-5-4-16-10(2)8-17;/h6-7,10,16H,4-5,8H2,1-3H3,(H2,15,19,20);1H/t10-;/m1./s1. The van der Waals surface area contributed by atoms with E-state index in [1.807, 2.05) is 13.8 Å². The van der Waals surface area contributed by atoms with Gasteiger partial charge in [0.25, 0.3) is 5.91 Å². The van der Waals surface area contributed by atoms with Crippen molar-refractivity contribution < 1.29 is 13.2 Å². The Morgan fingerprint density at radius 1 is 1.36 bits per heavy atom. The Morgan fingerprint density at radius 2 is 2.00 bits per heavy atom. The van der Waals surface area contributed by atoms with E-state index < -0.39 is 10.0 Å². The third kappa shape index (κ3) is 3.98. The van der Waals surface area contributed by atoms with E-state index in [1.165, 1.54) is 12.1 Å². The van der Waals surface area contributed by atoms with Crippen molar-refractivity contribution in [3.05, 3.63) is 28.8 Å². The molecule has 3 N–H and O–H groups in total. The highest BCUT2D eigenvalue weighted by atomic mass is 35.5. The molecule has 2 rings (SSSR count). The minimum atomic E-state index is -3.82. The molecule has 1 amide bonds. The Balaban J connectivity index is 0.00000242. The topological polar surface area (TPSA) is 92.5 Å². The van der Waals surface area contributed by atoms with Crippen LogP contribution >= 0.6 is 12.4 Å². The number of halogens is 1. The van der Waals surface area contributed by atoms with Gasteiger partial charge in [-0.1, -0.05) is 0 Å². The van der Waals surface area contributed by atoms with Crippen molar-refractivity contribution in [1.29, 1.82) is 0 Å². The molecule has 1 aliphatic rings. The van der Waals surface area contributed by atoms with Crippen LogP contribution in [0.25, 0.3) is 0 Å². The second-order valence-electron chi connectivity index (χ2n) is 5.56. The molecule has 124 valence electrons. The molecule has 1 heterocycles. The van der Waals surface area contributed by atoms with Crippen LogP contribution in [0, 0.1) is 13.8 Å². The summed E-state index contributed by atoms with van der Waals surface area (Å²) in [6, 6.07) is 3.11. The molecule has 1 aliphatic heterocycles. The fourth-order valence-corrected chi connectivity index (χ4v) is 3.12. The molecule has 1 saturated heterocycles. The third-order valence-electron chi connectivity index (χ3n) is 3.86. The quantitative estimate of drug-likeness (QED) is 0.827. The first-order valence-corrected chi connectivity index (χ1v) is 8.41. The maximum atomic E-state index is 12.7. The normalized spacial score (nSPS) is 18.7. The molecule has 0 aromatic heterocycles. The van der Waals surface area contributed by atoms with Gasteiger partial charge in [0.15, 0.2) is 0 Å². The fourth-order valence-electron chi connectivity index (χ4n) is 2.50. The van der Waals surface area contributed by atoms with Crippen LogP contribution in [0.1, 0.15) is 28.4 Å². The van der Waals surface area contributed by atoms with Crippen LogP contribution < -0.4 is 10.5 Å². The van der Waals surface area contributed by atoms with Crippen LogP contribution in [0.4, 0.5) is 0 Å². The van der Waals surface area contributed by atoms with Gasteiger partial charge in [0.1, 0.15) is 0 Å². The fraction of sp³-hybridized carbons (Fsp3) is 0.500. The summed E-state index contributed by atoms with van der Waals surface area (Å²) in [5.41, 5.74) is 1.94. The number of benzene rings is 1. The van der Waals surface area contributed by atoms with Crippen molar-refractivity contribution in [3.8, 4) is 0 Å². The first kappa shape index (κ1) is 18.9. The number of carbonyl (C=O) groups is 1. The maximum absolute atomic E-state index is 12.7. The van der Waals surface area contributed by atoms with Gasteiger partial charge in [-0.05, 0) is 44.0 Å². The van der Waals surface area contributed by atoms with Gasteiger partial charge in [-0.15, -0.1) is 12.4 Å². The lowest BCUT2D eigenvalue weighted by Gasteiger charge is -2.32. The first-order valence-electron chi connectivity index (χ1n) is 6.87. The largest absolute Gasteiger partial charge is 0.336 e. The zero-order chi connectivity index (χ0) is 15.8. The van der Waals surface area contributed by atoms with Crippen molar-refractivity contribution in [2.75, 3.05) is 19.6 Å². The summed E-state index contributed by atoms with van der Waals surface area (Å²) in [5.74, 6) is -0.144. The minimum Gasteiger partial charge on any atom is -0.336 e. The lowest BCUT2D eigenvalue weighted by atomic mass is 10.0. The number of primary sulfonamides is 1. The highest BCUT2D eigenvalue weighted by molar-refractivity contribution is 7.89. The Bertz CT molecular complexity index is 676. The minimum absolute atomic E-state index is 0. The monoisotopic (exact) mass is 347 g/mol. The molecule has 0 bridgehead atoms. The number of amides is 1. The SMILES string of the molecule is Cc1cc(S(N)(=O)=O)cc(C(=O)N2CCN[C@H](C)C2)c1C.Cl. The lowest BCUT2D eigenvalue weighted by molar-refractivity contribution is 0.0708. The molecular formula is C14H22ClN3O3S. The van der Waals surface area contributed by atoms with Crippen LogP contribution in [-0.4, -0.2) is 44.9 Å². The van der Waals surface area contributed by atoms with Crippen LogP contribution in [0.3, 0.4) is 0 Å². The molecular weight excluding hydrogens is 326 g/mol. The number of piperazine rings is 1. The zero-order valence-electron chi connectivity index (χ0n) is 12.9. The molecule has 0 saturated carbocycles. The molecule has 6 nitrogen and oxygen atoms in total. The van der Waals surface area contributed by atoms with Crippen molar-refractivity contribution in [3.63, 3.8) is 0 Å². The van der Waals surface area contributed by atoms with Gasteiger partial charge in [0, 0.05) is 31.2 Å². The zero-order valence-corrected chi connectivity index (χ0v) is 14.6. The van der Waals surface area contributed by atoms with Crippen LogP contribution in [-0.2, 0) is 10.0 Å². The summed E-state index contributed by atoms with van der Waals surface area (Å²) in [6.07, 6.45) is 0. The van der Waals surface area contributed by atoms with Crippen LogP contribution in [0.15, 0.2) is 17.0 Å². The molecule has 0 aliphatic carbocycles. The van der Waals surface area contributed by atoms with Gasteiger partial charge in [-0.2, -0.15) is 0 Å². The first-order chi connectivity index (χ1) is 9.70. The van der Waals surface area contributed by atoms with Gasteiger partial charge in [-0.25, -0.2) is 13.6 Å². The third-order valence-corrected chi connectivity index (χ3v) is 4.75. The Labute approximate surface area is 137 Å². The lowest BCUT2D eigenvalue weighted by Crippen LogP contribution is -2.51. The Hall–Kier alpha value is -1.15. The van der Waals surface area contributed by atoms with Gasteiger partial charge in [0.2, 0.25) is 10.0 Å². The number of nitrogens with zero attached hydrogens (tertiary/aromatic N) is 1. The Morgan fingerprint density at radius 3 is 2.55 bits per heavy atom. The molecule has 0 spiro atoms. The number of nitrogens with one attached hydrogen (secondary N) is 1. The maximum Gasteiger partial charge on any atom is 0.254 e. The number of nitrogens with two attached hydrogens (primary N) is 1. The van der Waals surface area contributed by atoms with Crippen molar-refractivity contribution in [1.82, 2.24) is 10.2 Å². The molecule has 0 unspecified atom stereocenters. The highest BCUT2D eigenvalue weighted by Gasteiger charge is 2.24. The molecule has 1 fully saturated rings. The predicted molar refractivity (Wildman–Crippen MR) is 87.9 cm³/mol. The summed E-state index contributed by atoms with van der Waals surface area (Å²) in [5, 5.41) is 8.45. The molecule has 0 radical (unpaired) electrons. The smallest absolute Gasteiger partial charge is 0.254 e. The predicted octanol–water partition coefficient (Wildman–Crippen LogP) is 0.807. The second-order valence-corrected chi connectivity index (χ2v) is 7.13. The number of hydrogen-bond donors (Lipinski definition) is 2. The van der Waals surface area contributed by atoms with Gasteiger partial charge in [0.05, 0.1) is 4.90 Å². The average molecular weight is 348 g/mol. The van der Waals surface area contributed by atoms with E-state index in [1.54, 1.807) is 11.8 Å². The summed E-state index contributed by atoms with van der Waals surface area (Å²) in [4.78, 5) is 14.4. The van der Waals surface area contributed by atoms with E-state index in [0.29, 0.717) is 18.7 Å². The number of sulfonamides is 1. The van der Waals surface area contributed by atoms with E-state index >= 15 is 0 Å². The number of carbonyl (C=O) groups excluding carboxylic acids is 1. The molecule has 1 aromatic rings. The van der Waals surface area contributed by atoms with E-state index in [-0.39, 0.29) is 29.3 Å². The number of aryl methyl sites for hydroxylation is 1. The van der Waals surface area contributed by atoms with Crippen molar-refractivity contribution in [2.24, 2.45) is 5.14 Å². The van der Waals surface area contributed by atoms with Crippen molar-refractivity contribution >= 4 is 28.3 Å². The molecule has 8 heteroatoms. The molecule has 1 aromatic carbocycles. The van der Waals surface area contributed by atoms with E-state index in [9.17, 15) is 13.2 Å². The van der Waals surface area contributed by atoms with E-state index in [4.69, 9.17) is 5.14 Å². The summed E-state index contributed by atoms with van der Waals surface area (Å²) in [6.45, 7) is 7.57. The number of rotatable bonds is 2. The van der Waals surface area contributed by atoms with Gasteiger partial charge < -0.3 is 10.2 Å². The summed E-state index contributed by atoms with van der Waals surface area (Å²) >= 11 is 0. The van der Waals surface area contributed by atoms with E-state index in [2.05, 4.69) is 5.32 Å². The van der Waals surface area contributed by atoms with Gasteiger partial charge >= 0.3 is 0 Å². The van der Waals surface area contributed by atoms with Crippen LogP contribution in [0.5, 0.6) is 0 Å². The van der Waals surface area contributed by atoms with Crippen molar-refractivity contribution in [2.45, 2.75) is 31.7 Å².